The fraction of sp³-hybridized carbons (Fsp3) is 0.0577. The Morgan fingerprint density at radius 1 is 0.446 bits per heavy atom. The van der Waals surface area contributed by atoms with Crippen molar-refractivity contribution in [3.05, 3.63) is 193 Å². The maximum atomic E-state index is 6.63. The van der Waals surface area contributed by atoms with Gasteiger partial charge < -0.3 is 13.7 Å². The van der Waals surface area contributed by atoms with Crippen molar-refractivity contribution >= 4 is 50.1 Å². The minimum atomic E-state index is -0.129. The summed E-state index contributed by atoms with van der Waals surface area (Å²) in [6.45, 7) is 4.67. The van der Waals surface area contributed by atoms with Gasteiger partial charge in [0.25, 0.3) is 0 Å². The van der Waals surface area contributed by atoms with Crippen molar-refractivity contribution in [2.24, 2.45) is 0 Å². The van der Waals surface area contributed by atoms with E-state index >= 15 is 0 Å². The van der Waals surface area contributed by atoms with Crippen LogP contribution in [0.1, 0.15) is 25.0 Å². The number of benzene rings is 8. The quantitative estimate of drug-likeness (QED) is 0.171. The smallest absolute Gasteiger partial charge is 0.227 e. The number of nitrogens with zero attached hydrogens (tertiary/aromatic N) is 2. The van der Waals surface area contributed by atoms with Gasteiger partial charge in [0, 0.05) is 38.8 Å². The zero-order chi connectivity index (χ0) is 37.4. The topological polar surface area (TPSA) is 42.4 Å². The maximum Gasteiger partial charge on any atom is 0.227 e. The van der Waals surface area contributed by atoms with Gasteiger partial charge in [0.2, 0.25) is 5.89 Å². The molecule has 0 fully saturated rings. The summed E-state index contributed by atoms with van der Waals surface area (Å²) >= 11 is 0. The second-order valence-electron chi connectivity index (χ2n) is 15.2. The molecule has 0 unspecified atom stereocenters. The zero-order valence-electron chi connectivity index (χ0n) is 31.0. The van der Waals surface area contributed by atoms with E-state index in [2.05, 4.69) is 152 Å². The number of rotatable bonds is 6. The molecule has 0 radical (unpaired) electrons. The van der Waals surface area contributed by atoms with Crippen molar-refractivity contribution in [2.75, 3.05) is 4.90 Å². The Balaban J connectivity index is 1.09. The first-order valence-corrected chi connectivity index (χ1v) is 19.1. The molecule has 2 heterocycles. The predicted molar refractivity (Wildman–Crippen MR) is 230 cm³/mol. The standard InChI is InChI=1S/C52H36N2O2/c1-52(2)44-22-11-9-20-40(44)41-29-28-39(31-45(41)52)54(38-19-13-18-36(30-38)33-14-5-3-6-15-33)37-26-24-34(25-27-37)48-49-47(56-51(53-49)35-16-7-4-8-17-35)32-43-42-21-10-12-23-46(42)55-50(43)48/h3-32H,1-2H3. The molecule has 4 heteroatoms. The van der Waals surface area contributed by atoms with E-state index in [0.717, 1.165) is 72.4 Å². The molecule has 4 nitrogen and oxygen atoms in total. The third-order valence-corrected chi connectivity index (χ3v) is 11.5. The number of hydrogen-bond acceptors (Lipinski definition) is 4. The number of furan rings is 1. The molecular weight excluding hydrogens is 685 g/mol. The van der Waals surface area contributed by atoms with E-state index in [1.165, 1.54) is 27.8 Å². The Morgan fingerprint density at radius 3 is 1.93 bits per heavy atom. The second kappa shape index (κ2) is 12.4. The first-order valence-electron chi connectivity index (χ1n) is 19.1. The highest BCUT2D eigenvalue weighted by Gasteiger charge is 2.35. The van der Waals surface area contributed by atoms with E-state index in [-0.39, 0.29) is 5.41 Å². The van der Waals surface area contributed by atoms with Crippen molar-refractivity contribution in [2.45, 2.75) is 19.3 Å². The van der Waals surface area contributed by atoms with E-state index < -0.39 is 0 Å². The molecule has 0 spiro atoms. The van der Waals surface area contributed by atoms with Gasteiger partial charge in [-0.1, -0.05) is 135 Å². The van der Waals surface area contributed by atoms with Gasteiger partial charge >= 0.3 is 0 Å². The van der Waals surface area contributed by atoms with Crippen LogP contribution in [0, 0.1) is 0 Å². The first-order chi connectivity index (χ1) is 27.5. The lowest BCUT2D eigenvalue weighted by molar-refractivity contribution is 0.620. The molecule has 10 aromatic rings. The van der Waals surface area contributed by atoms with E-state index in [1.54, 1.807) is 0 Å². The lowest BCUT2D eigenvalue weighted by atomic mass is 9.82. The van der Waals surface area contributed by atoms with Crippen LogP contribution in [-0.4, -0.2) is 4.98 Å². The van der Waals surface area contributed by atoms with Gasteiger partial charge in [-0.05, 0) is 99.6 Å². The molecule has 56 heavy (non-hydrogen) atoms. The molecule has 0 N–H and O–H groups in total. The molecule has 266 valence electrons. The predicted octanol–water partition coefficient (Wildman–Crippen LogP) is 14.5. The SMILES string of the molecule is CC1(C)c2ccccc2-c2ccc(N(c3ccc(-c4c5nc(-c6ccccc6)oc5cc5c4oc4ccccc45)cc3)c3cccc(-c4ccccc4)c3)cc21. The van der Waals surface area contributed by atoms with Gasteiger partial charge in [-0.3, -0.25) is 0 Å². The van der Waals surface area contributed by atoms with Gasteiger partial charge in [0.15, 0.2) is 5.58 Å². The largest absolute Gasteiger partial charge is 0.455 e. The lowest BCUT2D eigenvalue weighted by Gasteiger charge is -2.28. The summed E-state index contributed by atoms with van der Waals surface area (Å²) in [5.74, 6) is 0.585. The third-order valence-electron chi connectivity index (χ3n) is 11.5. The number of anilines is 3. The minimum Gasteiger partial charge on any atom is -0.455 e. The molecule has 2 aromatic heterocycles. The summed E-state index contributed by atoms with van der Waals surface area (Å²) < 4.78 is 13.1. The lowest BCUT2D eigenvalue weighted by Crippen LogP contribution is -2.16. The van der Waals surface area contributed by atoms with Crippen LogP contribution in [0.3, 0.4) is 0 Å². The Labute approximate surface area is 324 Å². The highest BCUT2D eigenvalue weighted by Crippen LogP contribution is 2.51. The highest BCUT2D eigenvalue weighted by atomic mass is 16.4. The number of para-hydroxylation sites is 1. The van der Waals surface area contributed by atoms with Crippen LogP contribution in [0.2, 0.25) is 0 Å². The minimum absolute atomic E-state index is 0.129. The first kappa shape index (κ1) is 32.3. The van der Waals surface area contributed by atoms with Crippen LogP contribution >= 0.6 is 0 Å². The Morgan fingerprint density at radius 2 is 1.11 bits per heavy atom. The molecule has 0 bridgehead atoms. The van der Waals surface area contributed by atoms with Gasteiger partial charge in [-0.25, -0.2) is 4.98 Å². The molecule has 0 saturated carbocycles. The fourth-order valence-electron chi connectivity index (χ4n) is 8.72. The van der Waals surface area contributed by atoms with Crippen LogP contribution in [0.4, 0.5) is 17.1 Å². The Kier molecular flexibility index (Phi) is 7.17. The number of hydrogen-bond donors (Lipinski definition) is 0. The highest BCUT2D eigenvalue weighted by molar-refractivity contribution is 6.16. The summed E-state index contributed by atoms with van der Waals surface area (Å²) in [6, 6.07) is 64.3. The number of oxazole rings is 1. The van der Waals surface area contributed by atoms with Crippen molar-refractivity contribution in [1.82, 2.24) is 4.98 Å². The van der Waals surface area contributed by atoms with Crippen LogP contribution < -0.4 is 4.90 Å². The van der Waals surface area contributed by atoms with Crippen molar-refractivity contribution < 1.29 is 8.83 Å². The van der Waals surface area contributed by atoms with E-state index in [1.807, 2.05) is 48.5 Å². The third kappa shape index (κ3) is 5.03. The van der Waals surface area contributed by atoms with E-state index in [4.69, 9.17) is 13.8 Å². The average molecular weight is 721 g/mol. The van der Waals surface area contributed by atoms with Gasteiger partial charge in [-0.15, -0.1) is 0 Å². The van der Waals surface area contributed by atoms with Crippen LogP contribution in [0.5, 0.6) is 0 Å². The average Bonchev–Trinajstić information content (AvgIpc) is 3.91. The van der Waals surface area contributed by atoms with Gasteiger partial charge in [0.1, 0.15) is 16.7 Å². The molecule has 1 aliphatic rings. The zero-order valence-corrected chi connectivity index (χ0v) is 31.0. The van der Waals surface area contributed by atoms with Crippen molar-refractivity contribution in [1.29, 1.82) is 0 Å². The molecule has 1 aliphatic carbocycles. The molecule has 0 saturated heterocycles. The van der Waals surface area contributed by atoms with Crippen molar-refractivity contribution in [3.8, 4) is 44.8 Å². The molecular formula is C52H36N2O2. The van der Waals surface area contributed by atoms with Crippen LogP contribution in [0.25, 0.3) is 77.9 Å². The normalized spacial score (nSPS) is 13.0. The number of aromatic nitrogens is 1. The molecule has 0 aliphatic heterocycles. The van der Waals surface area contributed by atoms with Gasteiger partial charge in [0.05, 0.1) is 5.56 Å². The van der Waals surface area contributed by atoms with Gasteiger partial charge in [-0.2, -0.15) is 0 Å². The molecule has 8 aromatic carbocycles. The molecule has 0 amide bonds. The monoisotopic (exact) mass is 720 g/mol. The maximum absolute atomic E-state index is 6.63. The second-order valence-corrected chi connectivity index (χ2v) is 15.2. The summed E-state index contributed by atoms with van der Waals surface area (Å²) in [6.07, 6.45) is 0. The van der Waals surface area contributed by atoms with E-state index in [9.17, 15) is 0 Å². The van der Waals surface area contributed by atoms with Crippen LogP contribution in [-0.2, 0) is 5.41 Å². The van der Waals surface area contributed by atoms with E-state index in [0.29, 0.717) is 5.89 Å². The van der Waals surface area contributed by atoms with Crippen molar-refractivity contribution in [3.63, 3.8) is 0 Å². The fourth-order valence-corrected chi connectivity index (χ4v) is 8.72. The number of fused-ring (bicyclic) bond motifs is 7. The Hall–Kier alpha value is -7.17. The molecule has 11 rings (SSSR count). The van der Waals surface area contributed by atoms with Crippen LogP contribution in [0.15, 0.2) is 191 Å². The molecule has 0 atom stereocenters. The summed E-state index contributed by atoms with van der Waals surface area (Å²) in [5, 5.41) is 2.05. The Bertz CT molecular complexity index is 3100. The summed E-state index contributed by atoms with van der Waals surface area (Å²) in [4.78, 5) is 7.47. The summed E-state index contributed by atoms with van der Waals surface area (Å²) in [7, 11) is 0. The summed E-state index contributed by atoms with van der Waals surface area (Å²) in [5.41, 5.74) is 16.7.